The van der Waals surface area contributed by atoms with Crippen molar-refractivity contribution in [1.29, 1.82) is 0 Å². The van der Waals surface area contributed by atoms with Crippen LogP contribution >= 0.6 is 0 Å². The van der Waals surface area contributed by atoms with Gasteiger partial charge in [-0.05, 0) is 29.7 Å². The maximum absolute atomic E-state index is 13.7. The fourth-order valence-corrected chi connectivity index (χ4v) is 2.42. The van der Waals surface area contributed by atoms with Crippen molar-refractivity contribution in [3.05, 3.63) is 82.7 Å². The summed E-state index contributed by atoms with van der Waals surface area (Å²) >= 11 is 0. The quantitative estimate of drug-likeness (QED) is 0.593. The van der Waals surface area contributed by atoms with E-state index in [0.29, 0.717) is 22.8 Å². The highest BCUT2D eigenvalue weighted by Crippen LogP contribution is 2.28. The Hall–Kier alpha value is -2.68. The van der Waals surface area contributed by atoms with Crippen LogP contribution in [-0.4, -0.2) is 5.97 Å². The Morgan fingerprint density at radius 1 is 1.04 bits per heavy atom. The summed E-state index contributed by atoms with van der Waals surface area (Å²) in [4.78, 5) is 12.0. The van der Waals surface area contributed by atoms with Crippen molar-refractivity contribution in [2.24, 2.45) is 0 Å². The number of rotatable bonds is 3. The number of ether oxygens (including phenoxy) is 1. The smallest absolute Gasteiger partial charge is 0.343 e. The van der Waals surface area contributed by atoms with Crippen molar-refractivity contribution in [2.45, 2.75) is 19.8 Å². The first-order chi connectivity index (χ1) is 11.0. The van der Waals surface area contributed by atoms with E-state index in [9.17, 15) is 9.18 Å². The topological polar surface area (TPSA) is 26.3 Å². The molecule has 0 amide bonds. The van der Waals surface area contributed by atoms with E-state index in [0.717, 1.165) is 5.56 Å². The van der Waals surface area contributed by atoms with Crippen LogP contribution in [0.2, 0.25) is 0 Å². The van der Waals surface area contributed by atoms with Gasteiger partial charge in [-0.2, -0.15) is 0 Å². The lowest BCUT2D eigenvalue weighted by Crippen LogP contribution is -1.97. The molecule has 116 valence electrons. The lowest BCUT2D eigenvalue weighted by molar-refractivity contribution is -0.130. The van der Waals surface area contributed by atoms with E-state index in [2.05, 4.69) is 13.8 Å². The van der Waals surface area contributed by atoms with Crippen molar-refractivity contribution in [2.75, 3.05) is 0 Å². The zero-order valence-corrected chi connectivity index (χ0v) is 13.0. The third-order valence-electron chi connectivity index (χ3n) is 3.80. The van der Waals surface area contributed by atoms with Crippen LogP contribution in [0.25, 0.3) is 11.8 Å². The van der Waals surface area contributed by atoms with Gasteiger partial charge in [0, 0.05) is 11.1 Å². The molecule has 0 unspecified atom stereocenters. The van der Waals surface area contributed by atoms with E-state index in [1.807, 2.05) is 24.3 Å². The van der Waals surface area contributed by atoms with Gasteiger partial charge >= 0.3 is 5.97 Å². The summed E-state index contributed by atoms with van der Waals surface area (Å²) in [5.41, 5.74) is 2.77. The predicted octanol–water partition coefficient (Wildman–Crippen LogP) is 4.93. The van der Waals surface area contributed by atoms with E-state index in [1.165, 1.54) is 17.7 Å². The molecule has 3 heteroatoms. The van der Waals surface area contributed by atoms with E-state index in [1.54, 1.807) is 24.3 Å². The Kier molecular flexibility index (Phi) is 4.11. The van der Waals surface area contributed by atoms with Crippen LogP contribution in [0.15, 0.2) is 60.2 Å². The largest absolute Gasteiger partial charge is 0.422 e. The normalized spacial score (nSPS) is 15.9. The molecule has 0 fully saturated rings. The lowest BCUT2D eigenvalue weighted by atomic mass is 10.0. The molecule has 0 atom stereocenters. The summed E-state index contributed by atoms with van der Waals surface area (Å²) < 4.78 is 19.0. The van der Waals surface area contributed by atoms with Gasteiger partial charge < -0.3 is 4.74 Å². The average molecular weight is 308 g/mol. The first-order valence-corrected chi connectivity index (χ1v) is 7.55. The zero-order chi connectivity index (χ0) is 16.4. The third kappa shape index (κ3) is 3.24. The molecule has 23 heavy (non-hydrogen) atoms. The fraction of sp³-hybridized carbons (Fsp3) is 0.150. The second kappa shape index (κ2) is 6.21. The van der Waals surface area contributed by atoms with Crippen LogP contribution < -0.4 is 0 Å². The molecule has 0 aromatic heterocycles. The Balaban J connectivity index is 1.91. The van der Waals surface area contributed by atoms with Crippen molar-refractivity contribution in [3.63, 3.8) is 0 Å². The van der Waals surface area contributed by atoms with Crippen LogP contribution in [0.4, 0.5) is 4.39 Å². The summed E-state index contributed by atoms with van der Waals surface area (Å²) in [7, 11) is 0. The minimum atomic E-state index is -0.462. The van der Waals surface area contributed by atoms with Gasteiger partial charge in [0.05, 0.1) is 5.57 Å². The van der Waals surface area contributed by atoms with Gasteiger partial charge in [0.25, 0.3) is 0 Å². The monoisotopic (exact) mass is 308 g/mol. The molecule has 0 bridgehead atoms. The minimum absolute atomic E-state index is 0.345. The van der Waals surface area contributed by atoms with Crippen molar-refractivity contribution >= 4 is 17.8 Å². The highest BCUT2D eigenvalue weighted by molar-refractivity contribution is 6.05. The number of halogens is 1. The standard InChI is InChI=1S/C20H17FO2/c1-13(2)14-7-9-15(10-8-14)19-12-17(20(22)23-19)11-16-5-3-4-6-18(16)21/h3-13H,1-2H3. The van der Waals surface area contributed by atoms with Gasteiger partial charge in [-0.1, -0.05) is 56.3 Å². The van der Waals surface area contributed by atoms with E-state index in [4.69, 9.17) is 4.74 Å². The summed E-state index contributed by atoms with van der Waals surface area (Å²) in [6.45, 7) is 4.25. The molecule has 1 aliphatic heterocycles. The molecule has 0 spiro atoms. The molecule has 0 radical (unpaired) electrons. The minimum Gasteiger partial charge on any atom is -0.422 e. The highest BCUT2D eigenvalue weighted by atomic mass is 19.1. The number of benzene rings is 2. The number of carbonyl (C=O) groups excluding carboxylic acids is 1. The van der Waals surface area contributed by atoms with Crippen LogP contribution in [-0.2, 0) is 9.53 Å². The van der Waals surface area contributed by atoms with E-state index < -0.39 is 5.97 Å². The van der Waals surface area contributed by atoms with Crippen molar-refractivity contribution < 1.29 is 13.9 Å². The van der Waals surface area contributed by atoms with Crippen LogP contribution in [0, 0.1) is 5.82 Å². The lowest BCUT2D eigenvalue weighted by Gasteiger charge is -2.06. The Labute approximate surface area is 134 Å². The highest BCUT2D eigenvalue weighted by Gasteiger charge is 2.22. The van der Waals surface area contributed by atoms with Gasteiger partial charge in [0.15, 0.2) is 0 Å². The Morgan fingerprint density at radius 3 is 2.39 bits per heavy atom. The number of hydrogen-bond acceptors (Lipinski definition) is 2. The maximum atomic E-state index is 13.7. The molecule has 0 saturated carbocycles. The van der Waals surface area contributed by atoms with Gasteiger partial charge in [-0.25, -0.2) is 9.18 Å². The molecule has 3 rings (SSSR count). The fourth-order valence-electron chi connectivity index (χ4n) is 2.42. The second-order valence-electron chi connectivity index (χ2n) is 5.80. The van der Waals surface area contributed by atoms with Crippen molar-refractivity contribution in [3.8, 4) is 0 Å². The first-order valence-electron chi connectivity index (χ1n) is 7.55. The summed E-state index contributed by atoms with van der Waals surface area (Å²) in [6.07, 6.45) is 3.16. The molecule has 2 aromatic rings. The molecule has 2 nitrogen and oxygen atoms in total. The van der Waals surface area contributed by atoms with Crippen LogP contribution in [0.5, 0.6) is 0 Å². The Morgan fingerprint density at radius 2 is 1.74 bits per heavy atom. The van der Waals surface area contributed by atoms with Gasteiger partial charge in [-0.15, -0.1) is 0 Å². The van der Waals surface area contributed by atoms with E-state index >= 15 is 0 Å². The molecule has 0 N–H and O–H groups in total. The summed E-state index contributed by atoms with van der Waals surface area (Å²) in [5.74, 6) is 0.112. The van der Waals surface area contributed by atoms with E-state index in [-0.39, 0.29) is 5.82 Å². The summed E-state index contributed by atoms with van der Waals surface area (Å²) in [6, 6.07) is 14.2. The number of carbonyl (C=O) groups is 1. The molecule has 1 aliphatic rings. The number of cyclic esters (lactones) is 1. The van der Waals surface area contributed by atoms with Gasteiger partial charge in [0.2, 0.25) is 0 Å². The zero-order valence-electron chi connectivity index (χ0n) is 13.0. The molecular weight excluding hydrogens is 291 g/mol. The molecule has 2 aromatic carbocycles. The van der Waals surface area contributed by atoms with Crippen LogP contribution in [0.3, 0.4) is 0 Å². The summed E-state index contributed by atoms with van der Waals surface area (Å²) in [5, 5.41) is 0. The van der Waals surface area contributed by atoms with Gasteiger partial charge in [-0.3, -0.25) is 0 Å². The number of hydrogen-bond donors (Lipinski definition) is 0. The maximum Gasteiger partial charge on any atom is 0.343 e. The predicted molar refractivity (Wildman–Crippen MR) is 89.0 cm³/mol. The molecule has 0 saturated heterocycles. The Bertz CT molecular complexity index is 799. The van der Waals surface area contributed by atoms with Crippen molar-refractivity contribution in [1.82, 2.24) is 0 Å². The molecule has 1 heterocycles. The van der Waals surface area contributed by atoms with Gasteiger partial charge in [0.1, 0.15) is 11.6 Å². The third-order valence-corrected chi connectivity index (χ3v) is 3.80. The first kappa shape index (κ1) is 15.2. The molecular formula is C20H17FO2. The number of esters is 1. The van der Waals surface area contributed by atoms with Crippen LogP contribution in [0.1, 0.15) is 36.5 Å². The SMILES string of the molecule is CC(C)c1ccc(C2=CC(=Cc3ccccc3F)C(=O)O2)cc1. The second-order valence-corrected chi connectivity index (χ2v) is 5.80. The molecule has 0 aliphatic carbocycles. The average Bonchev–Trinajstić information content (AvgIpc) is 2.91.